The molecule has 6 heteroatoms. The van der Waals surface area contributed by atoms with Crippen molar-refractivity contribution in [3.05, 3.63) is 57.6 Å². The summed E-state index contributed by atoms with van der Waals surface area (Å²) in [4.78, 5) is 27.5. The number of carbonyl (C=O) groups is 2. The number of aliphatic carboxylic acids is 1. The number of hydrogen-bond acceptors (Lipinski definition) is 4. The van der Waals surface area contributed by atoms with Crippen LogP contribution in [-0.2, 0) is 11.3 Å². The first-order valence-corrected chi connectivity index (χ1v) is 7.12. The standard InChI is InChI=1S/C15H14N2O3S/c1-10-6-7-21-13(10)9-17-15(20)12-4-2-11(8-16-12)3-5-14(18)19/h2-8H,9H2,1H3,(H,17,20)(H,18,19)/b5-3+. The van der Waals surface area contributed by atoms with Crippen LogP contribution in [0.3, 0.4) is 0 Å². The van der Waals surface area contributed by atoms with Gasteiger partial charge in [0.05, 0.1) is 6.54 Å². The number of pyridine rings is 1. The largest absolute Gasteiger partial charge is 0.478 e. The lowest BCUT2D eigenvalue weighted by molar-refractivity contribution is -0.131. The van der Waals surface area contributed by atoms with Gasteiger partial charge in [-0.25, -0.2) is 4.79 Å². The van der Waals surface area contributed by atoms with E-state index in [0.29, 0.717) is 17.8 Å². The van der Waals surface area contributed by atoms with Crippen molar-refractivity contribution in [1.82, 2.24) is 10.3 Å². The Morgan fingerprint density at radius 3 is 2.76 bits per heavy atom. The van der Waals surface area contributed by atoms with Crippen molar-refractivity contribution < 1.29 is 14.7 Å². The molecule has 0 fully saturated rings. The third kappa shape index (κ3) is 4.25. The van der Waals surface area contributed by atoms with Gasteiger partial charge in [0.15, 0.2) is 0 Å². The van der Waals surface area contributed by atoms with Crippen molar-refractivity contribution in [2.75, 3.05) is 0 Å². The molecule has 2 rings (SSSR count). The number of nitrogens with zero attached hydrogens (tertiary/aromatic N) is 1. The van der Waals surface area contributed by atoms with Crippen molar-refractivity contribution >= 4 is 29.3 Å². The Bertz CT molecular complexity index is 674. The van der Waals surface area contributed by atoms with Gasteiger partial charge in [-0.2, -0.15) is 0 Å². The van der Waals surface area contributed by atoms with Crippen molar-refractivity contribution in [1.29, 1.82) is 0 Å². The molecule has 0 aliphatic rings. The van der Waals surface area contributed by atoms with Gasteiger partial charge in [-0.3, -0.25) is 9.78 Å². The number of rotatable bonds is 5. The van der Waals surface area contributed by atoms with E-state index in [2.05, 4.69) is 10.3 Å². The summed E-state index contributed by atoms with van der Waals surface area (Å²) in [7, 11) is 0. The molecule has 21 heavy (non-hydrogen) atoms. The van der Waals surface area contributed by atoms with Crippen LogP contribution in [0.15, 0.2) is 35.9 Å². The van der Waals surface area contributed by atoms with Crippen LogP contribution in [0.2, 0.25) is 0 Å². The van der Waals surface area contributed by atoms with Crippen molar-refractivity contribution in [2.24, 2.45) is 0 Å². The first kappa shape index (κ1) is 14.9. The molecule has 0 bridgehead atoms. The third-order valence-corrected chi connectivity index (χ3v) is 3.84. The summed E-state index contributed by atoms with van der Waals surface area (Å²) in [5.74, 6) is -1.28. The van der Waals surface area contributed by atoms with Crippen LogP contribution in [0, 0.1) is 6.92 Å². The topological polar surface area (TPSA) is 79.3 Å². The van der Waals surface area contributed by atoms with Crippen LogP contribution >= 0.6 is 11.3 Å². The van der Waals surface area contributed by atoms with E-state index in [0.717, 1.165) is 16.5 Å². The average molecular weight is 302 g/mol. The maximum atomic E-state index is 11.9. The number of aromatic nitrogens is 1. The molecule has 0 atom stereocenters. The molecule has 0 aromatic carbocycles. The van der Waals surface area contributed by atoms with E-state index in [9.17, 15) is 9.59 Å². The quantitative estimate of drug-likeness (QED) is 0.832. The molecular weight excluding hydrogens is 288 g/mol. The van der Waals surface area contributed by atoms with Gasteiger partial charge in [0, 0.05) is 17.2 Å². The predicted octanol–water partition coefficient (Wildman–Crippen LogP) is 2.48. The van der Waals surface area contributed by atoms with E-state index in [4.69, 9.17) is 5.11 Å². The number of amides is 1. The Hall–Kier alpha value is -2.47. The molecular formula is C15H14N2O3S. The zero-order chi connectivity index (χ0) is 15.2. The summed E-state index contributed by atoms with van der Waals surface area (Å²) in [6.07, 6.45) is 3.91. The molecule has 2 heterocycles. The molecule has 0 aliphatic heterocycles. The van der Waals surface area contributed by atoms with Crippen LogP contribution in [0.4, 0.5) is 0 Å². The molecule has 0 unspecified atom stereocenters. The van der Waals surface area contributed by atoms with Gasteiger partial charge in [-0.1, -0.05) is 6.07 Å². The molecule has 5 nitrogen and oxygen atoms in total. The molecule has 108 valence electrons. The van der Waals surface area contributed by atoms with Gasteiger partial charge in [0.25, 0.3) is 5.91 Å². The highest BCUT2D eigenvalue weighted by atomic mass is 32.1. The second-order valence-corrected chi connectivity index (χ2v) is 5.36. The highest BCUT2D eigenvalue weighted by molar-refractivity contribution is 7.10. The summed E-state index contributed by atoms with van der Waals surface area (Å²) < 4.78 is 0. The lowest BCUT2D eigenvalue weighted by atomic mass is 10.2. The lowest BCUT2D eigenvalue weighted by Gasteiger charge is -2.04. The number of nitrogens with one attached hydrogen (secondary N) is 1. The predicted molar refractivity (Wildman–Crippen MR) is 81.1 cm³/mol. The Morgan fingerprint density at radius 2 is 2.19 bits per heavy atom. The van der Waals surface area contributed by atoms with Crippen molar-refractivity contribution in [3.63, 3.8) is 0 Å². The van der Waals surface area contributed by atoms with Gasteiger partial charge in [-0.15, -0.1) is 11.3 Å². The monoisotopic (exact) mass is 302 g/mol. The lowest BCUT2D eigenvalue weighted by Crippen LogP contribution is -2.23. The number of hydrogen-bond donors (Lipinski definition) is 2. The van der Waals surface area contributed by atoms with Gasteiger partial charge in [-0.05, 0) is 41.6 Å². The molecule has 0 saturated heterocycles. The Labute approximate surface area is 126 Å². The maximum Gasteiger partial charge on any atom is 0.328 e. The molecule has 2 aromatic rings. The smallest absolute Gasteiger partial charge is 0.328 e. The summed E-state index contributed by atoms with van der Waals surface area (Å²) >= 11 is 1.60. The first-order valence-electron chi connectivity index (χ1n) is 6.24. The zero-order valence-electron chi connectivity index (χ0n) is 11.4. The van der Waals surface area contributed by atoms with E-state index < -0.39 is 5.97 Å². The van der Waals surface area contributed by atoms with E-state index in [1.54, 1.807) is 23.5 Å². The first-order chi connectivity index (χ1) is 10.1. The van der Waals surface area contributed by atoms with Crippen LogP contribution in [0.5, 0.6) is 0 Å². The minimum absolute atomic E-state index is 0.253. The number of aryl methyl sites for hydroxylation is 1. The fraction of sp³-hybridized carbons (Fsp3) is 0.133. The molecule has 0 spiro atoms. The molecule has 2 N–H and O–H groups in total. The van der Waals surface area contributed by atoms with Gasteiger partial charge < -0.3 is 10.4 Å². The van der Waals surface area contributed by atoms with Crippen LogP contribution in [0.25, 0.3) is 6.08 Å². The second-order valence-electron chi connectivity index (χ2n) is 4.36. The molecule has 0 saturated carbocycles. The van der Waals surface area contributed by atoms with Crippen LogP contribution in [0.1, 0.15) is 26.5 Å². The van der Waals surface area contributed by atoms with Crippen molar-refractivity contribution in [2.45, 2.75) is 13.5 Å². The van der Waals surface area contributed by atoms with E-state index >= 15 is 0 Å². The van der Waals surface area contributed by atoms with Gasteiger partial charge in [0.2, 0.25) is 0 Å². The van der Waals surface area contributed by atoms with E-state index in [-0.39, 0.29) is 5.91 Å². The SMILES string of the molecule is Cc1ccsc1CNC(=O)c1ccc(/C=C/C(=O)O)cn1. The summed E-state index contributed by atoms with van der Waals surface area (Å²) in [6.45, 7) is 2.48. The zero-order valence-corrected chi connectivity index (χ0v) is 12.2. The Morgan fingerprint density at radius 1 is 1.38 bits per heavy atom. The number of carbonyl (C=O) groups excluding carboxylic acids is 1. The third-order valence-electron chi connectivity index (χ3n) is 2.82. The summed E-state index contributed by atoms with van der Waals surface area (Å²) in [5, 5.41) is 13.3. The Kier molecular flexibility index (Phi) is 4.84. The fourth-order valence-electron chi connectivity index (χ4n) is 1.64. The van der Waals surface area contributed by atoms with Crippen LogP contribution < -0.4 is 5.32 Å². The minimum atomic E-state index is -1.02. The maximum absolute atomic E-state index is 11.9. The average Bonchev–Trinajstić information content (AvgIpc) is 2.88. The summed E-state index contributed by atoms with van der Waals surface area (Å²) in [6, 6.07) is 5.23. The minimum Gasteiger partial charge on any atom is -0.478 e. The highest BCUT2D eigenvalue weighted by Gasteiger charge is 2.08. The number of carboxylic acid groups (broad SMARTS) is 1. The van der Waals surface area contributed by atoms with Crippen LogP contribution in [-0.4, -0.2) is 22.0 Å². The highest BCUT2D eigenvalue weighted by Crippen LogP contribution is 2.15. The fourth-order valence-corrected chi connectivity index (χ4v) is 2.49. The van der Waals surface area contributed by atoms with E-state index in [1.807, 2.05) is 18.4 Å². The number of carboxylic acids is 1. The second kappa shape index (κ2) is 6.81. The van der Waals surface area contributed by atoms with Crippen molar-refractivity contribution in [3.8, 4) is 0 Å². The van der Waals surface area contributed by atoms with Gasteiger partial charge >= 0.3 is 5.97 Å². The van der Waals surface area contributed by atoms with E-state index in [1.165, 1.54) is 12.3 Å². The molecule has 0 aliphatic carbocycles. The normalized spacial score (nSPS) is 10.7. The number of thiophene rings is 1. The molecule has 1 amide bonds. The summed E-state index contributed by atoms with van der Waals surface area (Å²) in [5.41, 5.74) is 2.09. The molecule has 2 aromatic heterocycles. The van der Waals surface area contributed by atoms with Gasteiger partial charge in [0.1, 0.15) is 5.69 Å². The Balaban J connectivity index is 1.97. The molecule has 0 radical (unpaired) electrons.